The molecule has 7 nitrogen and oxygen atoms in total. The molecule has 127 valence electrons. The van der Waals surface area contributed by atoms with Crippen molar-refractivity contribution in [3.8, 4) is 0 Å². The third-order valence-electron chi connectivity index (χ3n) is 2.61. The molecule has 25 heavy (non-hydrogen) atoms. The maximum Gasteiger partial charge on any atom is 1.00 e. The summed E-state index contributed by atoms with van der Waals surface area (Å²) in [5.74, 6) is -2.15. The Labute approximate surface area is 168 Å². The van der Waals surface area contributed by atoms with E-state index in [9.17, 15) is 14.4 Å². The van der Waals surface area contributed by atoms with Crippen molar-refractivity contribution >= 4 is 41.7 Å². The first kappa shape index (κ1) is 23.0. The summed E-state index contributed by atoms with van der Waals surface area (Å²) < 4.78 is 13.0. The van der Waals surface area contributed by atoms with Gasteiger partial charge in [0.25, 0.3) is 17.9 Å². The number of anilines is 1. The second-order valence-electron chi connectivity index (χ2n) is 4.69. The zero-order valence-electron chi connectivity index (χ0n) is 14.6. The number of rotatable bonds is 3. The fourth-order valence-corrected chi connectivity index (χ4v) is 1.73. The van der Waals surface area contributed by atoms with Crippen molar-refractivity contribution in [1.29, 1.82) is 0 Å². The molecule has 2 N–H and O–H groups in total. The second-order valence-corrected chi connectivity index (χ2v) is 4.69. The first-order valence-corrected chi connectivity index (χ1v) is 7.04. The van der Waals surface area contributed by atoms with Crippen LogP contribution in [0.2, 0.25) is 0 Å². The number of carbonyl (C=O) groups is 3. The van der Waals surface area contributed by atoms with Crippen molar-refractivity contribution in [2.75, 3.05) is 5.73 Å². The first-order chi connectivity index (χ1) is 11.3. The molecule has 0 saturated carbocycles. The molecule has 0 bridgehead atoms. The molecule has 0 fully saturated rings. The van der Waals surface area contributed by atoms with E-state index >= 15 is 0 Å². The fourth-order valence-electron chi connectivity index (χ4n) is 1.73. The third-order valence-corrected chi connectivity index (χ3v) is 2.61. The van der Waals surface area contributed by atoms with Gasteiger partial charge in [-0.25, -0.2) is 0 Å². The summed E-state index contributed by atoms with van der Waals surface area (Å²) in [6.07, 6.45) is 0. The SMILES string of the molecule is CC(=O)O[B-](OC(C)=O)OC(C)=O.Nc1cccc2ccccc12.[Na+]. The second kappa shape index (κ2) is 11.5. The van der Waals surface area contributed by atoms with E-state index < -0.39 is 25.2 Å². The predicted molar refractivity (Wildman–Crippen MR) is 89.4 cm³/mol. The van der Waals surface area contributed by atoms with Crippen molar-refractivity contribution < 1.29 is 57.9 Å². The standard InChI is InChI=1S/C10H9N.C6H9BO6.Na/c11-10-7-3-5-8-4-1-2-6-9(8)10;1-4(8)11-7(12-5(2)9)13-6(3)10;/h1-7H,11H2;1-3H3;/q;-1;+1. The average molecular weight is 354 g/mol. The van der Waals surface area contributed by atoms with E-state index in [0.717, 1.165) is 31.8 Å². The van der Waals surface area contributed by atoms with E-state index in [1.807, 2.05) is 30.3 Å². The number of benzene rings is 2. The molecule has 0 saturated heterocycles. The van der Waals surface area contributed by atoms with Crippen LogP contribution in [-0.4, -0.2) is 25.2 Å². The quantitative estimate of drug-likeness (QED) is 0.562. The van der Waals surface area contributed by atoms with Crippen LogP contribution >= 0.6 is 0 Å². The summed E-state index contributed by atoms with van der Waals surface area (Å²) in [5.41, 5.74) is 6.61. The number of nitrogen functional groups attached to an aromatic ring is 1. The Morgan fingerprint density at radius 2 is 1.24 bits per heavy atom. The zero-order chi connectivity index (χ0) is 18.1. The Morgan fingerprint density at radius 1 is 0.800 bits per heavy atom. The summed E-state index contributed by atoms with van der Waals surface area (Å²) in [6.45, 7) is 3.29. The summed E-state index contributed by atoms with van der Waals surface area (Å²) in [4.78, 5) is 31.2. The van der Waals surface area contributed by atoms with Crippen LogP contribution in [0.15, 0.2) is 42.5 Å². The van der Waals surface area contributed by atoms with Gasteiger partial charge < -0.3 is 19.7 Å². The normalized spacial score (nSPS) is 9.28. The molecule has 2 aromatic carbocycles. The predicted octanol–water partition coefficient (Wildman–Crippen LogP) is -0.913. The van der Waals surface area contributed by atoms with E-state index in [2.05, 4.69) is 26.1 Å². The summed E-state index contributed by atoms with van der Waals surface area (Å²) in [6, 6.07) is 14.1. The smallest absolute Gasteiger partial charge is 0.642 e. The van der Waals surface area contributed by atoms with Gasteiger partial charge in [-0.2, -0.15) is 0 Å². The molecule has 0 aliphatic carbocycles. The van der Waals surface area contributed by atoms with Crippen LogP contribution in [0.3, 0.4) is 0 Å². The minimum atomic E-state index is -1.59. The van der Waals surface area contributed by atoms with Gasteiger partial charge in [0.2, 0.25) is 0 Å². The Bertz CT molecular complexity index is 696. The van der Waals surface area contributed by atoms with E-state index in [0.29, 0.717) is 0 Å². The molecule has 0 aliphatic heterocycles. The Hall–Kier alpha value is -2.03. The van der Waals surface area contributed by atoms with Crippen LogP contribution in [0, 0.1) is 0 Å². The molecule has 0 heterocycles. The monoisotopic (exact) mass is 354 g/mol. The van der Waals surface area contributed by atoms with Crippen LogP contribution < -0.4 is 35.3 Å². The van der Waals surface area contributed by atoms with Gasteiger partial charge in [-0.3, -0.25) is 14.4 Å². The molecule has 2 rings (SSSR count). The van der Waals surface area contributed by atoms with Gasteiger partial charge in [0, 0.05) is 31.8 Å². The van der Waals surface area contributed by atoms with Crippen molar-refractivity contribution in [3.63, 3.8) is 0 Å². The van der Waals surface area contributed by atoms with Crippen LogP contribution in [0.5, 0.6) is 0 Å². The van der Waals surface area contributed by atoms with E-state index in [1.165, 1.54) is 5.39 Å². The number of fused-ring (bicyclic) bond motifs is 1. The molecular weight excluding hydrogens is 336 g/mol. The van der Waals surface area contributed by atoms with Gasteiger partial charge >= 0.3 is 36.9 Å². The van der Waals surface area contributed by atoms with Crippen LogP contribution in [0.1, 0.15) is 20.8 Å². The van der Waals surface area contributed by atoms with Crippen LogP contribution in [0.4, 0.5) is 5.69 Å². The van der Waals surface area contributed by atoms with Crippen molar-refractivity contribution in [3.05, 3.63) is 42.5 Å². The minimum Gasteiger partial charge on any atom is -0.642 e. The average Bonchev–Trinajstić information content (AvgIpc) is 2.46. The van der Waals surface area contributed by atoms with Crippen LogP contribution in [-0.2, 0) is 28.3 Å². The summed E-state index contributed by atoms with van der Waals surface area (Å²) >= 11 is 0. The van der Waals surface area contributed by atoms with Gasteiger partial charge in [0.1, 0.15) is 0 Å². The molecular formula is C16H18BNNaO6. The topological polar surface area (TPSA) is 105 Å². The Kier molecular flexibility index (Phi) is 10.6. The Morgan fingerprint density at radius 3 is 1.68 bits per heavy atom. The number of carbonyl (C=O) groups excluding carboxylic acids is 3. The number of hydrogen-bond acceptors (Lipinski definition) is 7. The molecule has 0 unspecified atom stereocenters. The van der Waals surface area contributed by atoms with Crippen molar-refractivity contribution in [1.82, 2.24) is 0 Å². The molecule has 0 aliphatic rings. The molecule has 9 heteroatoms. The van der Waals surface area contributed by atoms with E-state index in [1.54, 1.807) is 0 Å². The largest absolute Gasteiger partial charge is 1.00 e. The van der Waals surface area contributed by atoms with Gasteiger partial charge in [0.15, 0.2) is 0 Å². The molecule has 0 aromatic heterocycles. The zero-order valence-corrected chi connectivity index (χ0v) is 16.6. The maximum absolute atomic E-state index is 10.4. The fraction of sp³-hybridized carbons (Fsp3) is 0.188. The minimum absolute atomic E-state index is 0. The van der Waals surface area contributed by atoms with Gasteiger partial charge in [-0.05, 0) is 11.5 Å². The van der Waals surface area contributed by atoms with Crippen molar-refractivity contribution in [2.24, 2.45) is 0 Å². The maximum atomic E-state index is 10.4. The number of hydrogen-bond donors (Lipinski definition) is 1. The molecule has 2 aromatic rings. The molecule has 0 spiro atoms. The molecule has 0 atom stereocenters. The van der Waals surface area contributed by atoms with Crippen LogP contribution in [0.25, 0.3) is 10.8 Å². The molecule has 0 amide bonds. The van der Waals surface area contributed by atoms with Gasteiger partial charge in [-0.1, -0.05) is 36.4 Å². The first-order valence-electron chi connectivity index (χ1n) is 7.04. The Balaban J connectivity index is 0.000000446. The summed E-state index contributed by atoms with van der Waals surface area (Å²) in [5, 5.41) is 2.34. The van der Waals surface area contributed by atoms with Gasteiger partial charge in [-0.15, -0.1) is 0 Å². The van der Waals surface area contributed by atoms with E-state index in [4.69, 9.17) is 5.73 Å². The van der Waals surface area contributed by atoms with Gasteiger partial charge in [0.05, 0.1) is 0 Å². The van der Waals surface area contributed by atoms with Crippen molar-refractivity contribution in [2.45, 2.75) is 20.8 Å². The summed E-state index contributed by atoms with van der Waals surface area (Å²) in [7, 11) is -1.59. The molecule has 1 radical (unpaired) electrons. The third kappa shape index (κ3) is 9.14. The number of nitrogens with two attached hydrogens (primary N) is 1. The van der Waals surface area contributed by atoms with E-state index in [-0.39, 0.29) is 29.6 Å².